The van der Waals surface area contributed by atoms with Gasteiger partial charge in [0.25, 0.3) is 10.1 Å². The Morgan fingerprint density at radius 1 is 0.634 bits per heavy atom. The second kappa shape index (κ2) is 30.6. The molecule has 0 aromatic heterocycles. The largest absolute Gasteiger partial charge is 1.00 e. The molecule has 0 bridgehead atoms. The summed E-state index contributed by atoms with van der Waals surface area (Å²) in [5, 5.41) is 61.6. The molecule has 4 aliphatic rings. The Balaban J connectivity index is 0.000000350. The monoisotopic (exact) mass is 2040 g/mol. The van der Waals surface area contributed by atoms with Gasteiger partial charge in [0.15, 0.2) is 24.2 Å². The van der Waals surface area contributed by atoms with Gasteiger partial charge in [-0.3, -0.25) is 4.18 Å². The number of benzene rings is 4. The van der Waals surface area contributed by atoms with Gasteiger partial charge in [0.1, 0.15) is 66.9 Å². The van der Waals surface area contributed by atoms with E-state index in [1.165, 1.54) is 12.1 Å². The number of phenolic OH excluding ortho intramolecular Hbond substituents is 1. The van der Waals surface area contributed by atoms with Crippen molar-refractivity contribution in [2.45, 2.75) is 113 Å². The molecule has 0 spiro atoms. The van der Waals surface area contributed by atoms with E-state index in [-0.39, 0.29) is 77.8 Å². The Hall–Kier alpha value is 4.36. The fraction of sp³-hybridized carbons (Fsp3) is 0.442. The van der Waals surface area contributed by atoms with Gasteiger partial charge in [-0.25, -0.2) is 0 Å². The van der Waals surface area contributed by atoms with Crippen LogP contribution in [0.1, 0.15) is 34.7 Å². The van der Waals surface area contributed by atoms with Crippen LogP contribution in [0.15, 0.2) is 65.6 Å². The summed E-state index contributed by atoms with van der Waals surface area (Å²) in [6, 6.07) is 17.8. The molecule has 8 rings (SSSR count). The molecule has 16 nitrogen and oxygen atoms in total. The minimum absolute atomic E-state index is 0. The zero-order valence-electron chi connectivity index (χ0n) is 39.5. The molecule has 4 fully saturated rings. The SMILES string of the molecule is CC1(C)OC2OC(C(O)COc3c(I)cc(I)cc3I)C(O)C2O1.Cc1ccc(S(=O)(=O)OCC(O)C2OC3OC(C)(C)OC3C2O)cc1.Oc1c(I)cc(I)cc1I.[H-].[Na+].[Na+].[O-]c1c(I)cc(I)cc1I. The van der Waals surface area contributed by atoms with E-state index in [1.807, 2.05) is 43.3 Å². The van der Waals surface area contributed by atoms with Gasteiger partial charge in [0.05, 0.1) is 25.8 Å². The quantitative estimate of drug-likeness (QED) is 0.0922. The molecule has 5 N–H and O–H groups in total. The van der Waals surface area contributed by atoms with Crippen LogP contribution in [0.4, 0.5) is 0 Å². The molecule has 0 radical (unpaired) electrons. The van der Waals surface area contributed by atoms with Gasteiger partial charge in [-0.15, -0.1) is 0 Å². The van der Waals surface area contributed by atoms with Crippen molar-refractivity contribution in [2.24, 2.45) is 0 Å². The number of rotatable bonds is 9. The molecule has 10 unspecified atom stereocenters. The van der Waals surface area contributed by atoms with Crippen LogP contribution in [0.2, 0.25) is 0 Å². The molecule has 4 saturated heterocycles. The van der Waals surface area contributed by atoms with Crippen LogP contribution < -0.4 is 69.0 Å². The molecule has 4 aromatic carbocycles. The van der Waals surface area contributed by atoms with Crippen molar-refractivity contribution in [3.8, 4) is 17.2 Å². The van der Waals surface area contributed by atoms with Crippen LogP contribution in [0, 0.1) is 39.1 Å². The van der Waals surface area contributed by atoms with E-state index in [9.17, 15) is 39.1 Å². The maximum absolute atomic E-state index is 12.1. The minimum Gasteiger partial charge on any atom is -1.00 e. The zero-order chi connectivity index (χ0) is 51.5. The molecule has 0 amide bonds. The van der Waals surface area contributed by atoms with Crippen LogP contribution in [0.25, 0.3) is 0 Å². The predicted octanol–water partition coefficient (Wildman–Crippen LogP) is 2.68. The minimum atomic E-state index is -4.02. The van der Waals surface area contributed by atoms with Gasteiger partial charge in [0, 0.05) is 17.9 Å². The number of aromatic hydroxyl groups is 1. The van der Waals surface area contributed by atoms with E-state index in [1.54, 1.807) is 39.8 Å². The maximum atomic E-state index is 12.1. The van der Waals surface area contributed by atoms with E-state index in [2.05, 4.69) is 203 Å². The van der Waals surface area contributed by atoms with Crippen molar-refractivity contribution < 1.29 is 137 Å². The summed E-state index contributed by atoms with van der Waals surface area (Å²) in [6.45, 7) is 8.18. The van der Waals surface area contributed by atoms with Crippen LogP contribution >= 0.6 is 203 Å². The van der Waals surface area contributed by atoms with Gasteiger partial charge in [-0.1, -0.05) is 23.4 Å². The third kappa shape index (κ3) is 20.0. The van der Waals surface area contributed by atoms with Crippen molar-refractivity contribution in [2.75, 3.05) is 13.2 Å². The third-order valence-corrected chi connectivity index (χ3v) is 17.9. The zero-order valence-corrected chi connectivity index (χ0v) is 62.7. The summed E-state index contributed by atoms with van der Waals surface area (Å²) in [5.41, 5.74) is 0.913. The van der Waals surface area contributed by atoms with Crippen molar-refractivity contribution >= 4 is 213 Å². The fourth-order valence-electron chi connectivity index (χ4n) is 6.69. The number of hydrogen-bond acceptors (Lipinski definition) is 16. The first-order valence-corrected chi connectivity index (χ1v) is 31.2. The number of ether oxygens (including phenoxy) is 7. The molecule has 0 aliphatic carbocycles. The predicted molar refractivity (Wildman–Crippen MR) is 327 cm³/mol. The molecule has 28 heteroatoms. The number of aliphatic hydroxyl groups is 4. The first-order chi connectivity index (χ1) is 32.0. The van der Waals surface area contributed by atoms with Crippen molar-refractivity contribution in [1.82, 2.24) is 0 Å². The molecule has 0 saturated carbocycles. The Labute approximate surface area is 581 Å². The third-order valence-electron chi connectivity index (χ3n) is 9.87. The molecule has 4 aliphatic heterocycles. The number of aryl methyl sites for hydroxylation is 1. The Morgan fingerprint density at radius 2 is 1.00 bits per heavy atom. The smallest absolute Gasteiger partial charge is 1.00 e. The fourth-order valence-corrected chi connectivity index (χ4v) is 18.7. The first kappa shape index (κ1) is 69.6. The topological polar surface area (TPSA) is 232 Å². The average molecular weight is 2040 g/mol. The number of aliphatic hydroxyl groups excluding tert-OH is 4. The standard InChI is InChI=1S/C16H22O8S.C15H17I3O6.2C6H3I3O.2Na.H/c1-9-4-6-10(7-5-9)25(19,20)21-8-11(17)13-12(18)14-15(22-13)24-16(2,3)23-14;1-15(2)23-13-10(20)12(22-14(13)24-15)9(19)5-21-11-7(17)3-6(16)4-8(11)18;2*7-3-1-4(8)6(10)5(9)2-3;;;/h4-7,11-15,17-18H,8H2,1-3H3;3-4,9-10,12-14,19-20H,5H2,1-2H3;2*1-2,10H;;;/q;;;;2*+1;-1/p-1. The summed E-state index contributed by atoms with van der Waals surface area (Å²) in [5.74, 6) is -0.437. The molecule has 71 heavy (non-hydrogen) atoms. The van der Waals surface area contributed by atoms with Crippen molar-refractivity contribution in [3.63, 3.8) is 0 Å². The van der Waals surface area contributed by atoms with E-state index < -0.39 is 89.7 Å². The van der Waals surface area contributed by atoms with Crippen LogP contribution in [0.3, 0.4) is 0 Å². The molecular weight excluding hydrogens is 1990 g/mol. The van der Waals surface area contributed by atoms with Gasteiger partial charge in [0.2, 0.25) is 0 Å². The Bertz CT molecular complexity index is 2420. The normalized spacial score (nSPS) is 25.3. The first-order valence-electron chi connectivity index (χ1n) is 20.1. The Morgan fingerprint density at radius 3 is 1.39 bits per heavy atom. The summed E-state index contributed by atoms with van der Waals surface area (Å²) in [6.07, 6.45) is -9.21. The molecular formula is C43H45I9Na2O16S. The van der Waals surface area contributed by atoms with E-state index >= 15 is 0 Å². The Kier molecular flexibility index (Phi) is 30.0. The summed E-state index contributed by atoms with van der Waals surface area (Å²) >= 11 is 19.4. The maximum Gasteiger partial charge on any atom is 1.00 e. The van der Waals surface area contributed by atoms with E-state index in [4.69, 9.17) is 37.3 Å². The van der Waals surface area contributed by atoms with Crippen molar-refractivity contribution in [1.29, 1.82) is 0 Å². The summed E-state index contributed by atoms with van der Waals surface area (Å²) in [7, 11) is -4.02. The second-order valence-corrected chi connectivity index (χ2v) is 28.6. The van der Waals surface area contributed by atoms with Gasteiger partial charge in [-0.05, 0) is 286 Å². The van der Waals surface area contributed by atoms with Gasteiger partial charge < -0.3 is 65.2 Å². The number of hydrogen-bond donors (Lipinski definition) is 5. The van der Waals surface area contributed by atoms with Crippen LogP contribution in [0.5, 0.6) is 17.2 Å². The van der Waals surface area contributed by atoms with E-state index in [0.717, 1.165) is 43.4 Å². The molecule has 10 atom stereocenters. The molecule has 384 valence electrons. The second-order valence-electron chi connectivity index (χ2n) is 16.2. The summed E-state index contributed by atoms with van der Waals surface area (Å²) < 4.78 is 77.0. The van der Waals surface area contributed by atoms with Crippen LogP contribution in [-0.2, 0) is 42.7 Å². The van der Waals surface area contributed by atoms with Crippen molar-refractivity contribution in [3.05, 3.63) is 98.4 Å². The van der Waals surface area contributed by atoms with E-state index in [0.29, 0.717) is 5.75 Å². The number of halogens is 9. The average Bonchev–Trinajstić information content (AvgIpc) is 3.93. The van der Waals surface area contributed by atoms with Gasteiger partial charge >= 0.3 is 59.1 Å². The number of fused-ring (bicyclic) bond motifs is 2. The van der Waals surface area contributed by atoms with Crippen LogP contribution in [-0.4, -0.2) is 120 Å². The summed E-state index contributed by atoms with van der Waals surface area (Å²) in [4.78, 5) is -0.0107. The van der Waals surface area contributed by atoms with Gasteiger partial charge in [-0.2, -0.15) is 8.42 Å². The molecule has 4 aromatic rings. The number of phenols is 1. The molecule has 4 heterocycles.